The summed E-state index contributed by atoms with van der Waals surface area (Å²) in [6.45, 7) is 8.77. The van der Waals surface area contributed by atoms with E-state index in [1.54, 1.807) is 14.2 Å². The second kappa shape index (κ2) is 10.3. The topological polar surface area (TPSA) is 46.1 Å². The Bertz CT molecular complexity index is 549. The largest absolute Gasteiger partial charge is 0.493 e. The Morgan fingerprint density at radius 3 is 2.46 bits per heavy atom. The number of methoxy groups -OCH3 is 2. The fraction of sp³-hybridized carbons (Fsp3) is 0.611. The van der Waals surface area contributed by atoms with Gasteiger partial charge in [0.25, 0.3) is 0 Å². The molecule has 0 aliphatic heterocycles. The Kier molecular flexibility index (Phi) is 8.82. The van der Waals surface area contributed by atoms with Crippen LogP contribution in [0.3, 0.4) is 0 Å². The minimum absolute atomic E-state index is 0.509. The predicted molar refractivity (Wildman–Crippen MR) is 105 cm³/mol. The zero-order valence-electron chi connectivity index (χ0n) is 16.0. The summed E-state index contributed by atoms with van der Waals surface area (Å²) >= 11 is 1.83. The third kappa shape index (κ3) is 5.82. The maximum Gasteiger partial charge on any atom is 0.193 e. The van der Waals surface area contributed by atoms with E-state index in [2.05, 4.69) is 44.3 Å². The summed E-state index contributed by atoms with van der Waals surface area (Å²) in [5.74, 6) is 2.44. The van der Waals surface area contributed by atoms with Gasteiger partial charge in [-0.15, -0.1) is 0 Å². The minimum Gasteiger partial charge on any atom is -0.493 e. The van der Waals surface area contributed by atoms with Crippen LogP contribution in [-0.2, 0) is 6.54 Å². The minimum atomic E-state index is 0.509. The summed E-state index contributed by atoms with van der Waals surface area (Å²) in [6.07, 6.45) is 2.11. The van der Waals surface area contributed by atoms with Gasteiger partial charge in [-0.1, -0.05) is 6.92 Å². The first-order valence-corrected chi connectivity index (χ1v) is 9.49. The van der Waals surface area contributed by atoms with Crippen molar-refractivity contribution in [2.75, 3.05) is 40.6 Å². The molecular formula is C18H31N3O2S. The molecule has 1 unspecified atom stereocenters. The lowest BCUT2D eigenvalue weighted by Gasteiger charge is -2.24. The number of hydrogen-bond acceptors (Lipinski definition) is 4. The molecule has 0 aliphatic carbocycles. The second-order valence-corrected chi connectivity index (χ2v) is 7.01. The fourth-order valence-corrected chi connectivity index (χ4v) is 2.51. The number of ether oxygens (including phenoxy) is 2. The predicted octanol–water partition coefficient (Wildman–Crippen LogP) is 3.16. The van der Waals surface area contributed by atoms with Crippen molar-refractivity contribution in [1.82, 2.24) is 10.2 Å². The molecule has 0 aromatic heterocycles. The van der Waals surface area contributed by atoms with Gasteiger partial charge in [0.15, 0.2) is 17.5 Å². The highest BCUT2D eigenvalue weighted by Crippen LogP contribution is 2.30. The van der Waals surface area contributed by atoms with Crippen molar-refractivity contribution < 1.29 is 9.47 Å². The van der Waals surface area contributed by atoms with Crippen molar-refractivity contribution in [2.24, 2.45) is 4.99 Å². The highest BCUT2D eigenvalue weighted by atomic mass is 32.2. The van der Waals surface area contributed by atoms with Crippen LogP contribution >= 0.6 is 11.8 Å². The third-order valence-electron chi connectivity index (χ3n) is 3.85. The molecule has 1 rings (SSSR count). The summed E-state index contributed by atoms with van der Waals surface area (Å²) in [5, 5.41) is 3.87. The lowest BCUT2D eigenvalue weighted by atomic mass is 10.1. The molecule has 1 aromatic rings. The van der Waals surface area contributed by atoms with Crippen LogP contribution in [0.5, 0.6) is 11.5 Å². The highest BCUT2D eigenvalue weighted by molar-refractivity contribution is 7.99. The van der Waals surface area contributed by atoms with Gasteiger partial charge in [-0.3, -0.25) is 4.99 Å². The first kappa shape index (κ1) is 20.5. The van der Waals surface area contributed by atoms with Crippen LogP contribution in [0.2, 0.25) is 0 Å². The molecule has 1 aromatic carbocycles. The van der Waals surface area contributed by atoms with Crippen LogP contribution in [0.4, 0.5) is 0 Å². The van der Waals surface area contributed by atoms with Gasteiger partial charge in [0.2, 0.25) is 0 Å². The highest BCUT2D eigenvalue weighted by Gasteiger charge is 2.13. The van der Waals surface area contributed by atoms with Crippen LogP contribution < -0.4 is 14.8 Å². The summed E-state index contributed by atoms with van der Waals surface area (Å²) in [4.78, 5) is 6.88. The molecule has 0 saturated heterocycles. The number of rotatable bonds is 8. The lowest BCUT2D eigenvalue weighted by Crippen LogP contribution is -2.39. The van der Waals surface area contributed by atoms with Gasteiger partial charge in [0.05, 0.1) is 20.8 Å². The maximum atomic E-state index is 5.42. The number of aliphatic imine (C=N–C) groups is 1. The average molecular weight is 354 g/mol. The number of hydrogen-bond donors (Lipinski definition) is 1. The van der Waals surface area contributed by atoms with Crippen LogP contribution in [0.15, 0.2) is 17.1 Å². The average Bonchev–Trinajstić information content (AvgIpc) is 2.59. The number of aryl methyl sites for hydroxylation is 1. The van der Waals surface area contributed by atoms with Crippen molar-refractivity contribution in [3.8, 4) is 11.5 Å². The Labute approximate surface area is 150 Å². The SMILES string of the molecule is CCNC(=NCC(C)SC)N(C)Cc1cc(OC)c(OC)cc1C. The molecule has 136 valence electrons. The van der Waals surface area contributed by atoms with E-state index in [0.29, 0.717) is 5.25 Å². The van der Waals surface area contributed by atoms with E-state index in [1.807, 2.05) is 23.9 Å². The van der Waals surface area contributed by atoms with E-state index < -0.39 is 0 Å². The monoisotopic (exact) mass is 353 g/mol. The second-order valence-electron chi connectivity index (χ2n) is 5.73. The van der Waals surface area contributed by atoms with Gasteiger partial charge in [0, 0.05) is 25.4 Å². The van der Waals surface area contributed by atoms with Gasteiger partial charge in [-0.05, 0) is 43.4 Å². The molecule has 5 nitrogen and oxygen atoms in total. The Balaban J connectivity index is 2.96. The molecular weight excluding hydrogens is 322 g/mol. The first-order chi connectivity index (χ1) is 11.5. The first-order valence-electron chi connectivity index (χ1n) is 8.20. The summed E-state index contributed by atoms with van der Waals surface area (Å²) in [6, 6.07) is 4.06. The Morgan fingerprint density at radius 2 is 1.92 bits per heavy atom. The smallest absolute Gasteiger partial charge is 0.193 e. The summed E-state index contributed by atoms with van der Waals surface area (Å²) in [7, 11) is 5.38. The molecule has 0 radical (unpaired) electrons. The van der Waals surface area contributed by atoms with Crippen molar-refractivity contribution >= 4 is 17.7 Å². The molecule has 1 N–H and O–H groups in total. The molecule has 24 heavy (non-hydrogen) atoms. The third-order valence-corrected chi connectivity index (χ3v) is 4.80. The molecule has 0 aliphatic rings. The van der Waals surface area contributed by atoms with Gasteiger partial charge >= 0.3 is 0 Å². The van der Waals surface area contributed by atoms with Gasteiger partial charge < -0.3 is 19.7 Å². The van der Waals surface area contributed by atoms with Crippen molar-refractivity contribution in [3.05, 3.63) is 23.3 Å². The van der Waals surface area contributed by atoms with Crippen LogP contribution in [0, 0.1) is 6.92 Å². The summed E-state index contributed by atoms with van der Waals surface area (Å²) < 4.78 is 10.8. The van der Waals surface area contributed by atoms with Gasteiger partial charge in [0.1, 0.15) is 0 Å². The number of nitrogens with zero attached hydrogens (tertiary/aromatic N) is 2. The molecule has 0 saturated carbocycles. The zero-order valence-corrected chi connectivity index (χ0v) is 16.8. The number of thioether (sulfide) groups is 1. The van der Waals surface area contributed by atoms with Crippen molar-refractivity contribution in [1.29, 1.82) is 0 Å². The molecule has 0 amide bonds. The standard InChI is InChI=1S/C18H31N3O2S/c1-8-19-18(20-11-14(3)24-7)21(4)12-15-10-17(23-6)16(22-5)9-13(15)2/h9-10,14H,8,11-12H2,1-7H3,(H,19,20). The van der Waals surface area contributed by atoms with E-state index >= 15 is 0 Å². The fourth-order valence-electron chi connectivity index (χ4n) is 2.28. The van der Waals surface area contributed by atoms with E-state index in [9.17, 15) is 0 Å². The lowest BCUT2D eigenvalue weighted by molar-refractivity contribution is 0.353. The number of guanidine groups is 1. The maximum absolute atomic E-state index is 5.42. The van der Waals surface area contributed by atoms with Crippen LogP contribution in [-0.4, -0.2) is 56.7 Å². The molecule has 0 bridgehead atoms. The Morgan fingerprint density at radius 1 is 1.29 bits per heavy atom. The van der Waals surface area contributed by atoms with Crippen LogP contribution in [0.1, 0.15) is 25.0 Å². The molecule has 0 heterocycles. The van der Waals surface area contributed by atoms with Gasteiger partial charge in [-0.2, -0.15) is 11.8 Å². The van der Waals surface area contributed by atoms with Crippen molar-refractivity contribution in [2.45, 2.75) is 32.6 Å². The molecule has 1 atom stereocenters. The van der Waals surface area contributed by atoms with E-state index in [1.165, 1.54) is 11.1 Å². The zero-order chi connectivity index (χ0) is 18.1. The molecule has 0 spiro atoms. The van der Waals surface area contributed by atoms with Crippen LogP contribution in [0.25, 0.3) is 0 Å². The van der Waals surface area contributed by atoms with E-state index in [0.717, 1.165) is 37.1 Å². The normalized spacial score (nSPS) is 12.7. The quantitative estimate of drug-likeness (QED) is 0.574. The van der Waals surface area contributed by atoms with E-state index in [4.69, 9.17) is 14.5 Å². The Hall–Kier alpha value is -1.56. The van der Waals surface area contributed by atoms with Gasteiger partial charge in [-0.25, -0.2) is 0 Å². The van der Waals surface area contributed by atoms with E-state index in [-0.39, 0.29) is 0 Å². The number of nitrogens with one attached hydrogen (secondary N) is 1. The number of benzene rings is 1. The summed E-state index contributed by atoms with van der Waals surface area (Å²) in [5.41, 5.74) is 2.37. The molecule has 6 heteroatoms. The molecule has 0 fully saturated rings. The van der Waals surface area contributed by atoms with Crippen molar-refractivity contribution in [3.63, 3.8) is 0 Å².